The van der Waals surface area contributed by atoms with Crippen LogP contribution >= 0.6 is 46.0 Å². The summed E-state index contributed by atoms with van der Waals surface area (Å²) in [4.78, 5) is 49.0. The molecule has 16 heteroatoms. The highest BCUT2D eigenvalue weighted by atomic mass is 35.5. The Balaban J connectivity index is 1.39. The summed E-state index contributed by atoms with van der Waals surface area (Å²) in [5.41, 5.74) is 12.4. The highest BCUT2D eigenvalue weighted by Crippen LogP contribution is 2.40. The highest BCUT2D eigenvalue weighted by molar-refractivity contribution is 8.00. The van der Waals surface area contributed by atoms with Gasteiger partial charge in [0.15, 0.2) is 23.6 Å². The van der Waals surface area contributed by atoms with E-state index in [4.69, 9.17) is 27.9 Å². The number of nitrogens with two attached hydrogens (primary N) is 2. The molecule has 2 atom stereocenters. The average molecular weight is 580 g/mol. The molecular weight excluding hydrogens is 562 g/mol. The molecule has 192 valence electrons. The third kappa shape index (κ3) is 4.37. The van der Waals surface area contributed by atoms with Gasteiger partial charge in [-0.3, -0.25) is 14.5 Å². The highest BCUT2D eigenvalue weighted by Gasteiger charge is 2.53. The van der Waals surface area contributed by atoms with Gasteiger partial charge in [-0.05, 0) is 6.07 Å². The summed E-state index contributed by atoms with van der Waals surface area (Å²) in [6.07, 6.45) is 1.82. The molecule has 2 aliphatic heterocycles. The normalized spacial score (nSPS) is 19.6. The number of nitrogens with zero attached hydrogens (tertiary/aromatic N) is 4. The first-order valence-electron chi connectivity index (χ1n) is 10.6. The van der Waals surface area contributed by atoms with E-state index < -0.39 is 29.2 Å². The number of thioether (sulfide) groups is 1. The second kappa shape index (κ2) is 9.81. The molecule has 0 radical (unpaired) electrons. The fraction of sp³-hybridized carbons (Fsp3) is 0.238. The van der Waals surface area contributed by atoms with Crippen molar-refractivity contribution in [2.24, 2.45) is 5.16 Å². The van der Waals surface area contributed by atoms with Gasteiger partial charge in [-0.1, -0.05) is 39.4 Å². The summed E-state index contributed by atoms with van der Waals surface area (Å²) in [6, 6.07) is 2.71. The number of thiazole rings is 1. The van der Waals surface area contributed by atoms with Crippen LogP contribution < -0.4 is 26.5 Å². The molecule has 2 aliphatic rings. The minimum Gasteiger partial charge on any atom is -0.543 e. The lowest BCUT2D eigenvalue weighted by atomic mass is 10.0. The number of anilines is 2. The zero-order valence-electron chi connectivity index (χ0n) is 19.0. The summed E-state index contributed by atoms with van der Waals surface area (Å²) >= 11 is 9.84. The standard InChI is InChI=1S/C21H18ClN7O5S3/c1-34-27-12(11-15(22)37-21(24)26-11)16(30)25-13-17(31)29-14(20(32)33)8(6-35-19(13)29)5-28-4-2-3-9-10(23)7-36-18(9)28/h2-4,7,13,19H,5-6,23H2,1H3,(H3-,24,25,26,30,32,33)/b27-12-/t13?,19-/m1/s1. The molecule has 3 aromatic heterocycles. The Kier molecular flexibility index (Phi) is 6.70. The predicted octanol–water partition coefficient (Wildman–Crippen LogP) is -0.0823. The van der Waals surface area contributed by atoms with Gasteiger partial charge in [0.05, 0.1) is 22.7 Å². The fourth-order valence-electron chi connectivity index (χ4n) is 4.15. The Labute approximate surface area is 226 Å². The molecule has 1 saturated heterocycles. The van der Waals surface area contributed by atoms with Gasteiger partial charge in [-0.15, -0.1) is 11.8 Å². The first-order valence-corrected chi connectivity index (χ1v) is 13.7. The maximum Gasteiger partial charge on any atom is 0.276 e. The zero-order valence-corrected chi connectivity index (χ0v) is 22.2. The van der Waals surface area contributed by atoms with Crippen LogP contribution in [0.3, 0.4) is 0 Å². The van der Waals surface area contributed by atoms with Gasteiger partial charge < -0.3 is 31.5 Å². The first kappa shape index (κ1) is 25.3. The van der Waals surface area contributed by atoms with Crippen LogP contribution in [0.4, 0.5) is 10.8 Å². The van der Waals surface area contributed by atoms with Crippen LogP contribution in [0.25, 0.3) is 10.2 Å². The lowest BCUT2D eigenvalue weighted by Crippen LogP contribution is -2.71. The smallest absolute Gasteiger partial charge is 0.276 e. The van der Waals surface area contributed by atoms with E-state index >= 15 is 0 Å². The first-order chi connectivity index (χ1) is 17.7. The number of carboxylic acids is 1. The van der Waals surface area contributed by atoms with Gasteiger partial charge in [0, 0.05) is 22.8 Å². The summed E-state index contributed by atoms with van der Waals surface area (Å²) < 4.78 is 2.01. The lowest BCUT2D eigenvalue weighted by Gasteiger charge is -2.50. The number of carboxylic acid groups (broad SMARTS) is 1. The van der Waals surface area contributed by atoms with E-state index in [-0.39, 0.29) is 33.1 Å². The third-order valence-electron chi connectivity index (χ3n) is 5.74. The van der Waals surface area contributed by atoms with Crippen molar-refractivity contribution in [3.63, 3.8) is 0 Å². The number of nitrogens with one attached hydrogen (secondary N) is 1. The monoisotopic (exact) mass is 579 g/mol. The number of oxime groups is 1. The van der Waals surface area contributed by atoms with Crippen molar-refractivity contribution in [3.05, 3.63) is 45.0 Å². The van der Waals surface area contributed by atoms with Gasteiger partial charge in [-0.25, -0.2) is 4.98 Å². The van der Waals surface area contributed by atoms with Crippen molar-refractivity contribution in [3.8, 4) is 0 Å². The molecule has 5 heterocycles. The van der Waals surface area contributed by atoms with E-state index in [0.717, 1.165) is 26.5 Å². The number of amides is 2. The minimum atomic E-state index is -1.47. The number of carbonyl (C=O) groups excluding carboxylic acids is 3. The summed E-state index contributed by atoms with van der Waals surface area (Å²) in [5.74, 6) is -2.52. The lowest BCUT2D eigenvalue weighted by molar-refractivity contribution is -0.661. The number of thiophene rings is 1. The van der Waals surface area contributed by atoms with Crippen LogP contribution in [0.2, 0.25) is 4.34 Å². The van der Waals surface area contributed by atoms with E-state index in [2.05, 4.69) is 15.5 Å². The van der Waals surface area contributed by atoms with Crippen molar-refractivity contribution >= 4 is 90.6 Å². The molecule has 0 aromatic carbocycles. The molecule has 1 unspecified atom stereocenters. The van der Waals surface area contributed by atoms with Gasteiger partial charge in [0.2, 0.25) is 0 Å². The zero-order chi connectivity index (χ0) is 26.4. The number of aliphatic carboxylic acids is 1. The summed E-state index contributed by atoms with van der Waals surface area (Å²) in [5, 5.41) is 20.6. The third-order valence-corrected chi connectivity index (χ3v) is 9.21. The Bertz CT molecular complexity index is 1520. The van der Waals surface area contributed by atoms with E-state index in [1.807, 2.05) is 28.3 Å². The molecule has 1 fully saturated rings. The topological polar surface area (TPSA) is 180 Å². The maximum absolute atomic E-state index is 13.1. The molecule has 5 N–H and O–H groups in total. The SMILES string of the molecule is CO/N=C(\C(=O)NC1C(=O)N2C(C(=O)[O-])=C(C[n+]3cccc4c(N)csc43)CS[C@H]12)c1nc(N)sc1Cl. The number of aromatic nitrogens is 2. The number of hydrogen-bond acceptors (Lipinski definition) is 12. The second-order valence-corrected chi connectivity index (χ2v) is 11.5. The van der Waals surface area contributed by atoms with E-state index in [1.165, 1.54) is 30.2 Å². The van der Waals surface area contributed by atoms with E-state index in [1.54, 1.807) is 0 Å². The molecule has 0 bridgehead atoms. The van der Waals surface area contributed by atoms with Gasteiger partial charge >= 0.3 is 0 Å². The van der Waals surface area contributed by atoms with Crippen molar-refractivity contribution < 1.29 is 28.9 Å². The van der Waals surface area contributed by atoms with Crippen LogP contribution in [0.15, 0.2) is 40.1 Å². The molecule has 2 amide bonds. The number of pyridine rings is 1. The number of hydrogen-bond donors (Lipinski definition) is 3. The summed E-state index contributed by atoms with van der Waals surface area (Å²) in [6.45, 7) is 0.232. The molecule has 0 spiro atoms. The van der Waals surface area contributed by atoms with Crippen LogP contribution in [0.1, 0.15) is 5.69 Å². The number of rotatable bonds is 7. The van der Waals surface area contributed by atoms with Crippen molar-refractivity contribution in [2.45, 2.75) is 18.0 Å². The molecule has 12 nitrogen and oxygen atoms in total. The Hall–Kier alpha value is -3.40. The number of fused-ring (bicyclic) bond motifs is 2. The predicted molar refractivity (Wildman–Crippen MR) is 139 cm³/mol. The quantitative estimate of drug-likeness (QED) is 0.149. The van der Waals surface area contributed by atoms with Gasteiger partial charge in [0.25, 0.3) is 16.6 Å². The minimum absolute atomic E-state index is 0.0152. The number of nitrogen functional groups attached to an aromatic ring is 2. The summed E-state index contributed by atoms with van der Waals surface area (Å²) in [7, 11) is 1.24. The number of carbonyl (C=O) groups is 3. The Morgan fingerprint density at radius 2 is 2.22 bits per heavy atom. The Morgan fingerprint density at radius 1 is 1.43 bits per heavy atom. The van der Waals surface area contributed by atoms with Crippen molar-refractivity contribution in [1.29, 1.82) is 0 Å². The van der Waals surface area contributed by atoms with Crippen LogP contribution in [-0.2, 0) is 25.8 Å². The molecule has 0 aliphatic carbocycles. The van der Waals surface area contributed by atoms with Crippen LogP contribution in [-0.4, -0.2) is 57.7 Å². The molecule has 0 saturated carbocycles. The molecular formula is C21H18ClN7O5S3. The van der Waals surface area contributed by atoms with Crippen LogP contribution in [0.5, 0.6) is 0 Å². The molecule has 3 aromatic rings. The van der Waals surface area contributed by atoms with Crippen molar-refractivity contribution in [1.82, 2.24) is 15.2 Å². The molecule has 5 rings (SSSR count). The van der Waals surface area contributed by atoms with E-state index in [0.29, 0.717) is 17.0 Å². The number of β-lactam (4-membered cyclic amide) rings is 1. The number of halogens is 1. The van der Waals surface area contributed by atoms with E-state index in [9.17, 15) is 19.5 Å². The maximum atomic E-state index is 13.1. The van der Waals surface area contributed by atoms with Gasteiger partial charge in [0.1, 0.15) is 28.6 Å². The fourth-order valence-corrected chi connectivity index (χ4v) is 7.35. The van der Waals surface area contributed by atoms with Crippen LogP contribution in [0, 0.1) is 0 Å². The largest absolute Gasteiger partial charge is 0.543 e. The molecule has 37 heavy (non-hydrogen) atoms. The van der Waals surface area contributed by atoms with Gasteiger partial charge in [-0.2, -0.15) is 4.57 Å². The second-order valence-electron chi connectivity index (χ2n) is 7.94. The van der Waals surface area contributed by atoms with Crippen molar-refractivity contribution in [2.75, 3.05) is 24.3 Å². The average Bonchev–Trinajstić information content (AvgIpc) is 3.41. The Morgan fingerprint density at radius 3 is 2.89 bits per heavy atom.